The quantitative estimate of drug-likeness (QED) is 0.424. The maximum Gasteiger partial charge on any atom is 0.339 e. The molecule has 3 aromatic rings. The summed E-state index contributed by atoms with van der Waals surface area (Å²) in [5, 5.41) is 26.3. The fourth-order valence-corrected chi connectivity index (χ4v) is 3.02. The number of nitrogens with zero attached hydrogens (tertiary/aromatic N) is 3. The third kappa shape index (κ3) is 4.48. The van der Waals surface area contributed by atoms with E-state index in [4.69, 9.17) is 9.22 Å². The molecule has 0 spiro atoms. The summed E-state index contributed by atoms with van der Waals surface area (Å²) in [5.41, 5.74) is -1.24. The van der Waals surface area contributed by atoms with Gasteiger partial charge in [0, 0.05) is 6.20 Å². The largest absolute Gasteiger partial charge is 0.507 e. The first-order valence-electron chi connectivity index (χ1n) is 9.13. The Labute approximate surface area is 164 Å². The van der Waals surface area contributed by atoms with Crippen LogP contribution in [0.2, 0.25) is 0 Å². The van der Waals surface area contributed by atoms with Crippen LogP contribution in [0, 0.1) is 0 Å². The summed E-state index contributed by atoms with van der Waals surface area (Å²) in [4.78, 5) is 15.0. The monoisotopic (exact) mass is 402 g/mol. The second kappa shape index (κ2) is 7.84. The molecule has 3 N–H and O–H groups in total. The van der Waals surface area contributed by atoms with Crippen molar-refractivity contribution in [2.45, 2.75) is 4.90 Å². The summed E-state index contributed by atoms with van der Waals surface area (Å²) >= 11 is 0. The number of hydrogen-bond acceptors (Lipinski definition) is 7. The maximum atomic E-state index is 12.4. The summed E-state index contributed by atoms with van der Waals surface area (Å²) in [7, 11) is -3.90. The van der Waals surface area contributed by atoms with Gasteiger partial charge in [-0.05, 0) is 54.5 Å². The zero-order valence-electron chi connectivity index (χ0n) is 17.0. The normalized spacial score (nSPS) is 12.9. The van der Waals surface area contributed by atoms with Gasteiger partial charge in [-0.25, -0.2) is 18.2 Å². The number of anilines is 1. The van der Waals surface area contributed by atoms with E-state index in [1.807, 2.05) is 0 Å². The second-order valence-corrected chi connectivity index (χ2v) is 6.95. The lowest BCUT2D eigenvalue weighted by Gasteiger charge is -2.07. The van der Waals surface area contributed by atoms with E-state index in [1.165, 1.54) is 36.5 Å². The Hall–Kier alpha value is -3.79. The van der Waals surface area contributed by atoms with E-state index in [-0.39, 0.29) is 16.4 Å². The average molecular weight is 402 g/mol. The summed E-state index contributed by atoms with van der Waals surface area (Å²) < 4.78 is 50.4. The van der Waals surface area contributed by atoms with Crippen molar-refractivity contribution in [2.75, 3.05) is 4.72 Å². The Morgan fingerprint density at radius 2 is 1.79 bits per heavy atom. The van der Waals surface area contributed by atoms with Crippen molar-refractivity contribution in [3.8, 4) is 5.75 Å². The van der Waals surface area contributed by atoms with Crippen molar-refractivity contribution in [1.29, 1.82) is 0 Å². The number of rotatable bonds is 6. The van der Waals surface area contributed by atoms with Crippen molar-refractivity contribution in [3.63, 3.8) is 0 Å². The molecular weight excluding hydrogens is 385 g/mol. The molecule has 0 saturated carbocycles. The Bertz CT molecular complexity index is 1280. The van der Waals surface area contributed by atoms with Crippen molar-refractivity contribution >= 4 is 33.2 Å². The predicted octanol–water partition coefficient (Wildman–Crippen LogP) is 3.70. The highest BCUT2D eigenvalue weighted by Crippen LogP contribution is 2.25. The number of pyridine rings is 1. The standard InChI is InChI=1S/C18H14N4O5S/c23-16-9-6-13(11-15(16)18(24)25)21-20-12-4-7-14(8-5-12)28(26,27)22-17-3-1-2-10-19-17/h1-11,23H,(H,19,22)(H,24,25)/i6D,9D,11D,21+1. The molecule has 10 heteroatoms. The number of carbonyl (C=O) groups is 1. The molecule has 0 radical (unpaired) electrons. The van der Waals surface area contributed by atoms with Crippen LogP contribution < -0.4 is 4.72 Å². The van der Waals surface area contributed by atoms with Gasteiger partial charge in [-0.2, -0.15) is 10.2 Å². The number of aromatic nitrogens is 1. The number of hydrogen-bond donors (Lipinski definition) is 3. The van der Waals surface area contributed by atoms with E-state index in [1.54, 1.807) is 12.1 Å². The van der Waals surface area contributed by atoms with Crippen molar-refractivity contribution < 1.29 is 27.5 Å². The Morgan fingerprint density at radius 3 is 2.43 bits per heavy atom. The van der Waals surface area contributed by atoms with E-state index in [0.29, 0.717) is 0 Å². The summed E-state index contributed by atoms with van der Waals surface area (Å²) in [6, 6.07) is 7.62. The van der Waals surface area contributed by atoms with Crippen LogP contribution in [0.4, 0.5) is 17.2 Å². The summed E-state index contributed by atoms with van der Waals surface area (Å²) in [6.45, 7) is 0. The maximum absolute atomic E-state index is 12.4. The van der Waals surface area contributed by atoms with Crippen molar-refractivity contribution in [2.24, 2.45) is 10.2 Å². The van der Waals surface area contributed by atoms with Gasteiger partial charge < -0.3 is 10.2 Å². The second-order valence-electron chi connectivity index (χ2n) is 5.27. The molecule has 9 nitrogen and oxygen atoms in total. The van der Waals surface area contributed by atoms with Crippen LogP contribution in [0.5, 0.6) is 5.75 Å². The number of aromatic hydroxyl groups is 1. The lowest BCUT2D eigenvalue weighted by Crippen LogP contribution is -2.13. The van der Waals surface area contributed by atoms with Gasteiger partial charge in [0.25, 0.3) is 10.0 Å². The van der Waals surface area contributed by atoms with Crippen LogP contribution in [0.15, 0.2) is 81.9 Å². The molecular formula is C18H14N4O5S. The van der Waals surface area contributed by atoms with Crippen molar-refractivity contribution in [3.05, 3.63) is 72.4 Å². The van der Waals surface area contributed by atoms with Gasteiger partial charge >= 0.3 is 5.97 Å². The number of azo groups is 1. The number of sulfonamides is 1. The molecule has 0 amide bonds. The zero-order chi connectivity index (χ0) is 22.8. The van der Waals surface area contributed by atoms with Gasteiger partial charge in [-0.3, -0.25) is 4.72 Å². The summed E-state index contributed by atoms with van der Waals surface area (Å²) in [5.74, 6) is -2.51. The SMILES string of the molecule is [2H]c1c([2H])c([15N]=Nc2ccc(S(=O)(=O)Nc3ccccn3)cc2)c([2H])c(C(=O)O)c1O. The van der Waals surface area contributed by atoms with Crippen LogP contribution in [0.25, 0.3) is 0 Å². The number of aromatic carboxylic acids is 1. The van der Waals surface area contributed by atoms with Gasteiger partial charge in [0.1, 0.15) is 17.1 Å². The molecule has 0 aliphatic heterocycles. The Balaban J connectivity index is 1.89. The minimum Gasteiger partial charge on any atom is -0.507 e. The number of benzene rings is 2. The molecule has 2 aromatic carbocycles. The van der Waals surface area contributed by atoms with Gasteiger partial charge in [-0.1, -0.05) is 6.07 Å². The Kier molecular flexibility index (Phi) is 4.28. The third-order valence-corrected chi connectivity index (χ3v) is 4.68. The fraction of sp³-hybridized carbons (Fsp3) is 0. The van der Waals surface area contributed by atoms with Crippen LogP contribution >= 0.6 is 0 Å². The van der Waals surface area contributed by atoms with Gasteiger partial charge in [-0.15, -0.1) is 0 Å². The first-order chi connectivity index (χ1) is 14.6. The molecule has 0 unspecified atom stereocenters. The first-order valence-corrected chi connectivity index (χ1v) is 9.12. The third-order valence-electron chi connectivity index (χ3n) is 3.31. The summed E-state index contributed by atoms with van der Waals surface area (Å²) in [6.07, 6.45) is 1.43. The molecule has 0 fully saturated rings. The predicted molar refractivity (Wildman–Crippen MR) is 101 cm³/mol. The van der Waals surface area contributed by atoms with Gasteiger partial charge in [0.2, 0.25) is 0 Å². The molecule has 0 aliphatic rings. The molecule has 1 aromatic heterocycles. The molecule has 3 rings (SSSR count). The Morgan fingerprint density at radius 1 is 1.07 bits per heavy atom. The fourth-order valence-electron chi connectivity index (χ4n) is 2.01. The topological polar surface area (TPSA) is 141 Å². The van der Waals surface area contributed by atoms with E-state index in [0.717, 1.165) is 0 Å². The minimum absolute atomic E-state index is 0.0781. The van der Waals surface area contributed by atoms with Crippen LogP contribution in [-0.4, -0.2) is 29.6 Å². The van der Waals surface area contributed by atoms with E-state index < -0.39 is 51.1 Å². The number of carboxylic acid groups (broad SMARTS) is 1. The first kappa shape index (κ1) is 15.3. The van der Waals surface area contributed by atoms with Crippen LogP contribution in [-0.2, 0) is 10.0 Å². The van der Waals surface area contributed by atoms with Gasteiger partial charge in [0.15, 0.2) is 0 Å². The minimum atomic E-state index is -3.90. The van der Waals surface area contributed by atoms with Crippen LogP contribution in [0.1, 0.15) is 14.5 Å². The van der Waals surface area contributed by atoms with E-state index >= 15 is 0 Å². The van der Waals surface area contributed by atoms with Crippen molar-refractivity contribution in [1.82, 2.24) is 4.98 Å². The van der Waals surface area contributed by atoms with Crippen LogP contribution in [0.3, 0.4) is 0 Å². The molecule has 0 atom stereocenters. The highest BCUT2D eigenvalue weighted by Gasteiger charge is 2.14. The zero-order valence-corrected chi connectivity index (χ0v) is 14.8. The highest BCUT2D eigenvalue weighted by atomic mass is 32.2. The van der Waals surface area contributed by atoms with E-state index in [2.05, 4.69) is 19.9 Å². The highest BCUT2D eigenvalue weighted by molar-refractivity contribution is 7.92. The molecule has 142 valence electrons. The molecule has 0 aliphatic carbocycles. The smallest absolute Gasteiger partial charge is 0.339 e. The lowest BCUT2D eigenvalue weighted by atomic mass is 10.2. The molecule has 0 saturated heterocycles. The molecule has 1 heterocycles. The average Bonchev–Trinajstić information content (AvgIpc) is 2.73. The van der Waals surface area contributed by atoms with Gasteiger partial charge in [0.05, 0.1) is 20.4 Å². The molecule has 0 bridgehead atoms. The number of carboxylic acids is 1. The van der Waals surface area contributed by atoms with E-state index in [9.17, 15) is 18.3 Å². The molecule has 28 heavy (non-hydrogen) atoms. The number of phenols is 1. The lowest BCUT2D eigenvalue weighted by molar-refractivity contribution is 0.0693. The number of nitrogens with one attached hydrogen (secondary N) is 1.